The highest BCUT2D eigenvalue weighted by Crippen LogP contribution is 2.23. The van der Waals surface area contributed by atoms with Crippen molar-refractivity contribution in [1.82, 2.24) is 19.9 Å². The van der Waals surface area contributed by atoms with E-state index in [1.165, 1.54) is 42.4 Å². The van der Waals surface area contributed by atoms with Crippen LogP contribution < -0.4 is 0 Å². The highest BCUT2D eigenvalue weighted by molar-refractivity contribution is 5.75. The molecular weight excluding hydrogens is 284 g/mol. The number of nitrogens with one attached hydrogen (secondary N) is 1. The fraction of sp³-hybridized carbons (Fsp3) is 0.368. The molecule has 1 fully saturated rings. The SMILES string of the molecule is c1cncc(CN2CCCC(Cc3cnc4[nH]ccc4c3)C2)c1. The van der Waals surface area contributed by atoms with Crippen LogP contribution in [-0.4, -0.2) is 32.9 Å². The molecular formula is C19H22N4. The fourth-order valence-corrected chi connectivity index (χ4v) is 3.64. The normalized spacial score (nSPS) is 19.2. The van der Waals surface area contributed by atoms with Crippen molar-refractivity contribution in [3.8, 4) is 0 Å². The predicted molar refractivity (Wildman–Crippen MR) is 92.0 cm³/mol. The Kier molecular flexibility index (Phi) is 4.07. The minimum absolute atomic E-state index is 0.721. The summed E-state index contributed by atoms with van der Waals surface area (Å²) < 4.78 is 0. The number of piperidine rings is 1. The molecule has 0 radical (unpaired) electrons. The smallest absolute Gasteiger partial charge is 0.137 e. The third kappa shape index (κ3) is 3.42. The Balaban J connectivity index is 1.40. The van der Waals surface area contributed by atoms with Gasteiger partial charge in [-0.15, -0.1) is 0 Å². The summed E-state index contributed by atoms with van der Waals surface area (Å²) in [7, 11) is 0. The maximum Gasteiger partial charge on any atom is 0.137 e. The number of hydrogen-bond donors (Lipinski definition) is 1. The molecule has 3 aromatic rings. The van der Waals surface area contributed by atoms with Crippen LogP contribution in [0, 0.1) is 5.92 Å². The molecule has 4 heteroatoms. The van der Waals surface area contributed by atoms with E-state index in [4.69, 9.17) is 0 Å². The van der Waals surface area contributed by atoms with E-state index in [1.54, 1.807) is 0 Å². The molecule has 0 saturated carbocycles. The van der Waals surface area contributed by atoms with E-state index in [1.807, 2.05) is 30.9 Å². The van der Waals surface area contributed by atoms with Crippen molar-refractivity contribution in [2.75, 3.05) is 13.1 Å². The molecule has 1 aliphatic rings. The molecule has 0 aromatic carbocycles. The van der Waals surface area contributed by atoms with Crippen molar-refractivity contribution in [3.05, 3.63) is 60.2 Å². The van der Waals surface area contributed by atoms with E-state index < -0.39 is 0 Å². The quantitative estimate of drug-likeness (QED) is 0.803. The van der Waals surface area contributed by atoms with Gasteiger partial charge in [-0.1, -0.05) is 6.07 Å². The van der Waals surface area contributed by atoms with Crippen LogP contribution in [0.4, 0.5) is 0 Å². The Morgan fingerprint density at radius 2 is 2.22 bits per heavy atom. The summed E-state index contributed by atoms with van der Waals surface area (Å²) in [5.74, 6) is 0.721. The summed E-state index contributed by atoms with van der Waals surface area (Å²) in [6.07, 6.45) is 11.5. The van der Waals surface area contributed by atoms with Gasteiger partial charge in [-0.05, 0) is 61.1 Å². The average Bonchev–Trinajstić information content (AvgIpc) is 3.04. The van der Waals surface area contributed by atoms with Gasteiger partial charge in [0.25, 0.3) is 0 Å². The minimum atomic E-state index is 0.721. The minimum Gasteiger partial charge on any atom is -0.346 e. The van der Waals surface area contributed by atoms with E-state index in [9.17, 15) is 0 Å². The molecule has 3 aromatic heterocycles. The summed E-state index contributed by atoms with van der Waals surface area (Å²) in [5.41, 5.74) is 3.64. The van der Waals surface area contributed by atoms with Crippen molar-refractivity contribution < 1.29 is 0 Å². The van der Waals surface area contributed by atoms with Gasteiger partial charge in [0.1, 0.15) is 5.65 Å². The summed E-state index contributed by atoms with van der Waals surface area (Å²) in [6.45, 7) is 3.37. The second kappa shape index (κ2) is 6.50. The van der Waals surface area contributed by atoms with Crippen LogP contribution in [0.5, 0.6) is 0 Å². The van der Waals surface area contributed by atoms with Gasteiger partial charge in [0.05, 0.1) is 0 Å². The first-order valence-electron chi connectivity index (χ1n) is 8.40. The van der Waals surface area contributed by atoms with Gasteiger partial charge >= 0.3 is 0 Å². The first-order chi connectivity index (χ1) is 11.4. The van der Waals surface area contributed by atoms with Crippen LogP contribution in [0.1, 0.15) is 24.0 Å². The zero-order valence-electron chi connectivity index (χ0n) is 13.3. The number of hydrogen-bond acceptors (Lipinski definition) is 3. The molecule has 0 bridgehead atoms. The number of likely N-dealkylation sites (tertiary alicyclic amines) is 1. The summed E-state index contributed by atoms with van der Waals surface area (Å²) in [4.78, 5) is 14.5. The summed E-state index contributed by atoms with van der Waals surface area (Å²) in [6, 6.07) is 8.56. The van der Waals surface area contributed by atoms with Crippen LogP contribution in [0.3, 0.4) is 0 Å². The molecule has 4 rings (SSSR count). The number of rotatable bonds is 4. The maximum absolute atomic E-state index is 4.52. The van der Waals surface area contributed by atoms with Gasteiger partial charge in [0.2, 0.25) is 0 Å². The number of nitrogens with zero attached hydrogens (tertiary/aromatic N) is 3. The standard InChI is InChI=1S/C19H22N4/c1-3-16(11-20-6-1)14-23-8-2-4-15(13-23)9-17-10-18-5-7-21-19(18)22-12-17/h1,3,5-7,10-12,15H,2,4,8-9,13-14H2,(H,21,22). The second-order valence-electron chi connectivity index (χ2n) is 6.57. The van der Waals surface area contributed by atoms with Crippen LogP contribution in [0.2, 0.25) is 0 Å². The Morgan fingerprint density at radius 1 is 1.22 bits per heavy atom. The average molecular weight is 306 g/mol. The molecule has 0 aliphatic carbocycles. The molecule has 0 spiro atoms. The molecule has 23 heavy (non-hydrogen) atoms. The number of aromatic amines is 1. The molecule has 1 unspecified atom stereocenters. The van der Waals surface area contributed by atoms with Crippen molar-refractivity contribution >= 4 is 11.0 Å². The molecule has 4 heterocycles. The van der Waals surface area contributed by atoms with Crippen LogP contribution in [0.25, 0.3) is 11.0 Å². The molecule has 118 valence electrons. The topological polar surface area (TPSA) is 44.8 Å². The van der Waals surface area contributed by atoms with Crippen molar-refractivity contribution in [3.63, 3.8) is 0 Å². The Morgan fingerprint density at radius 3 is 3.13 bits per heavy atom. The zero-order valence-corrected chi connectivity index (χ0v) is 13.3. The van der Waals surface area contributed by atoms with Gasteiger partial charge in [-0.25, -0.2) is 4.98 Å². The molecule has 0 amide bonds. The lowest BCUT2D eigenvalue weighted by atomic mass is 9.91. The lowest BCUT2D eigenvalue weighted by molar-refractivity contribution is 0.167. The van der Waals surface area contributed by atoms with E-state index in [0.717, 1.165) is 24.5 Å². The van der Waals surface area contributed by atoms with Gasteiger partial charge < -0.3 is 4.98 Å². The Hall–Kier alpha value is -2.20. The fourth-order valence-electron chi connectivity index (χ4n) is 3.64. The van der Waals surface area contributed by atoms with Crippen LogP contribution in [-0.2, 0) is 13.0 Å². The van der Waals surface area contributed by atoms with Gasteiger partial charge in [0.15, 0.2) is 0 Å². The largest absolute Gasteiger partial charge is 0.346 e. The van der Waals surface area contributed by atoms with Gasteiger partial charge in [-0.2, -0.15) is 0 Å². The van der Waals surface area contributed by atoms with Crippen molar-refractivity contribution in [2.45, 2.75) is 25.8 Å². The molecule has 1 N–H and O–H groups in total. The summed E-state index contributed by atoms with van der Waals surface area (Å²) >= 11 is 0. The Labute approximate surface area is 136 Å². The Bertz CT molecular complexity index is 765. The van der Waals surface area contributed by atoms with Gasteiger partial charge in [0, 0.05) is 43.3 Å². The van der Waals surface area contributed by atoms with E-state index in [-0.39, 0.29) is 0 Å². The third-order valence-corrected chi connectivity index (χ3v) is 4.71. The van der Waals surface area contributed by atoms with Crippen LogP contribution in [0.15, 0.2) is 49.1 Å². The molecule has 1 aliphatic heterocycles. The van der Waals surface area contributed by atoms with Crippen molar-refractivity contribution in [1.29, 1.82) is 0 Å². The highest BCUT2D eigenvalue weighted by atomic mass is 15.1. The molecule has 4 nitrogen and oxygen atoms in total. The highest BCUT2D eigenvalue weighted by Gasteiger charge is 2.20. The summed E-state index contributed by atoms with van der Waals surface area (Å²) in [5, 5.41) is 1.21. The zero-order chi connectivity index (χ0) is 15.5. The van der Waals surface area contributed by atoms with Gasteiger partial charge in [-0.3, -0.25) is 9.88 Å². The predicted octanol–water partition coefficient (Wildman–Crippen LogP) is 3.41. The number of aromatic nitrogens is 3. The lowest BCUT2D eigenvalue weighted by Gasteiger charge is -2.32. The molecule has 1 atom stereocenters. The first kappa shape index (κ1) is 14.4. The lowest BCUT2D eigenvalue weighted by Crippen LogP contribution is -2.35. The third-order valence-electron chi connectivity index (χ3n) is 4.71. The van der Waals surface area contributed by atoms with E-state index in [0.29, 0.717) is 0 Å². The maximum atomic E-state index is 4.52. The van der Waals surface area contributed by atoms with Crippen LogP contribution >= 0.6 is 0 Å². The number of H-pyrrole nitrogens is 1. The molecule has 1 saturated heterocycles. The monoisotopic (exact) mass is 306 g/mol. The van der Waals surface area contributed by atoms with Crippen molar-refractivity contribution in [2.24, 2.45) is 5.92 Å². The van der Waals surface area contributed by atoms with E-state index >= 15 is 0 Å². The van der Waals surface area contributed by atoms with E-state index in [2.05, 4.69) is 38.1 Å². The number of fused-ring (bicyclic) bond motifs is 1. The number of pyridine rings is 2. The second-order valence-corrected chi connectivity index (χ2v) is 6.57. The first-order valence-corrected chi connectivity index (χ1v) is 8.40.